The first-order valence-electron chi connectivity index (χ1n) is 14.0. The van der Waals surface area contributed by atoms with Gasteiger partial charge in [0.15, 0.2) is 0 Å². The van der Waals surface area contributed by atoms with E-state index >= 15 is 4.39 Å². The van der Waals surface area contributed by atoms with Crippen molar-refractivity contribution in [3.8, 4) is 11.1 Å². The third-order valence-corrected chi connectivity index (χ3v) is 7.99. The number of nitrogens with one attached hydrogen (secondary N) is 1. The van der Waals surface area contributed by atoms with Crippen molar-refractivity contribution in [2.24, 2.45) is 0 Å². The molecule has 224 valence electrons. The normalized spacial score (nSPS) is 18.7. The molecule has 0 saturated carbocycles. The Morgan fingerprint density at radius 3 is 2.55 bits per heavy atom. The van der Waals surface area contributed by atoms with Crippen LogP contribution in [0.3, 0.4) is 0 Å². The van der Waals surface area contributed by atoms with Crippen LogP contribution in [0.4, 0.5) is 28.9 Å². The highest BCUT2D eigenvalue weighted by atomic mass is 19.4. The molecule has 1 aromatic heterocycles. The Balaban J connectivity index is 1.52. The second-order valence-corrected chi connectivity index (χ2v) is 11.0. The van der Waals surface area contributed by atoms with E-state index in [1.807, 2.05) is 7.05 Å². The number of amides is 1. The first kappa shape index (κ1) is 29.9. The fourth-order valence-corrected chi connectivity index (χ4v) is 5.42. The van der Waals surface area contributed by atoms with Gasteiger partial charge in [-0.05, 0) is 62.4 Å². The SMILES string of the molecule is Cc1cc(C(F)(F)F)c(C(=O)Nc2cc(-c3cc(CN4CCOCC4)ccc3F)ccc2N2CCN(C)C(C)C2)cn1. The van der Waals surface area contributed by atoms with Crippen molar-refractivity contribution in [3.63, 3.8) is 0 Å². The van der Waals surface area contributed by atoms with Gasteiger partial charge in [0.1, 0.15) is 5.82 Å². The first-order valence-corrected chi connectivity index (χ1v) is 14.0. The molecule has 1 atom stereocenters. The Morgan fingerprint density at radius 1 is 1.07 bits per heavy atom. The molecule has 2 aromatic carbocycles. The molecular weight excluding hydrogens is 550 g/mol. The minimum atomic E-state index is -4.73. The summed E-state index contributed by atoms with van der Waals surface area (Å²) >= 11 is 0. The zero-order chi connectivity index (χ0) is 30.0. The Hall–Kier alpha value is -3.54. The quantitative estimate of drug-likeness (QED) is 0.389. The monoisotopic (exact) mass is 585 g/mol. The maximum atomic E-state index is 15.2. The molecule has 2 aliphatic rings. The Morgan fingerprint density at radius 2 is 1.83 bits per heavy atom. The number of hydrogen-bond donors (Lipinski definition) is 1. The van der Waals surface area contributed by atoms with E-state index in [2.05, 4.69) is 31.9 Å². The van der Waals surface area contributed by atoms with Gasteiger partial charge in [-0.15, -0.1) is 0 Å². The number of ether oxygens (including phenoxy) is 1. The van der Waals surface area contributed by atoms with E-state index in [0.29, 0.717) is 55.3 Å². The van der Waals surface area contributed by atoms with Crippen LogP contribution in [0.1, 0.15) is 34.1 Å². The molecule has 1 amide bonds. The van der Waals surface area contributed by atoms with E-state index in [4.69, 9.17) is 4.74 Å². The summed E-state index contributed by atoms with van der Waals surface area (Å²) in [5.74, 6) is -1.36. The number of carbonyl (C=O) groups excluding carboxylic acids is 1. The van der Waals surface area contributed by atoms with E-state index in [9.17, 15) is 18.0 Å². The van der Waals surface area contributed by atoms with Crippen LogP contribution in [-0.2, 0) is 17.5 Å². The van der Waals surface area contributed by atoms with Gasteiger partial charge in [0.25, 0.3) is 5.91 Å². The molecule has 2 aliphatic heterocycles. The topological polar surface area (TPSA) is 60.9 Å². The van der Waals surface area contributed by atoms with Crippen LogP contribution >= 0.6 is 0 Å². The van der Waals surface area contributed by atoms with Gasteiger partial charge in [0.05, 0.1) is 35.7 Å². The molecule has 5 rings (SSSR count). The average molecular weight is 586 g/mol. The fraction of sp³-hybridized carbons (Fsp3) is 0.419. The lowest BCUT2D eigenvalue weighted by Gasteiger charge is -2.39. The fourth-order valence-electron chi connectivity index (χ4n) is 5.42. The van der Waals surface area contributed by atoms with Crippen molar-refractivity contribution in [1.29, 1.82) is 0 Å². The molecule has 1 unspecified atom stereocenters. The number of anilines is 2. The number of carbonyl (C=O) groups is 1. The second kappa shape index (κ2) is 12.4. The summed E-state index contributed by atoms with van der Waals surface area (Å²) in [6.45, 7) is 9.12. The minimum absolute atomic E-state index is 0.153. The average Bonchev–Trinajstić information content (AvgIpc) is 2.95. The van der Waals surface area contributed by atoms with Gasteiger partial charge in [-0.2, -0.15) is 13.2 Å². The predicted octanol–water partition coefficient (Wildman–Crippen LogP) is 5.44. The van der Waals surface area contributed by atoms with Crippen LogP contribution in [0.2, 0.25) is 0 Å². The third kappa shape index (κ3) is 6.74. The molecule has 0 spiro atoms. The lowest BCUT2D eigenvalue weighted by molar-refractivity contribution is -0.138. The summed E-state index contributed by atoms with van der Waals surface area (Å²) < 4.78 is 62.1. The van der Waals surface area contributed by atoms with Crippen LogP contribution in [-0.4, -0.2) is 79.7 Å². The molecule has 3 heterocycles. The summed E-state index contributed by atoms with van der Waals surface area (Å²) in [6, 6.07) is 11.3. The number of likely N-dealkylation sites (N-methyl/N-ethyl adjacent to an activating group) is 1. The molecular formula is C31H35F4N5O2. The number of aryl methyl sites for hydroxylation is 1. The van der Waals surface area contributed by atoms with Crippen molar-refractivity contribution in [2.75, 3.05) is 63.2 Å². The Kier molecular flexibility index (Phi) is 8.81. The molecule has 3 aromatic rings. The number of nitrogens with zero attached hydrogens (tertiary/aromatic N) is 4. The molecule has 2 saturated heterocycles. The highest BCUT2D eigenvalue weighted by molar-refractivity contribution is 6.07. The van der Waals surface area contributed by atoms with Crippen LogP contribution in [0, 0.1) is 12.7 Å². The van der Waals surface area contributed by atoms with E-state index in [1.165, 1.54) is 13.0 Å². The van der Waals surface area contributed by atoms with Gasteiger partial charge in [-0.3, -0.25) is 14.7 Å². The maximum absolute atomic E-state index is 15.2. The summed E-state index contributed by atoms with van der Waals surface area (Å²) in [4.78, 5) is 23.8. The zero-order valence-electron chi connectivity index (χ0n) is 24.0. The van der Waals surface area contributed by atoms with Gasteiger partial charge in [0.2, 0.25) is 0 Å². The van der Waals surface area contributed by atoms with Gasteiger partial charge in [0, 0.05) is 62.8 Å². The van der Waals surface area contributed by atoms with Crippen LogP contribution in [0.15, 0.2) is 48.7 Å². The molecule has 11 heteroatoms. The summed E-state index contributed by atoms with van der Waals surface area (Å²) in [5, 5.41) is 2.71. The highest BCUT2D eigenvalue weighted by Crippen LogP contribution is 2.36. The first-order chi connectivity index (χ1) is 20.0. The van der Waals surface area contributed by atoms with Crippen molar-refractivity contribution in [2.45, 2.75) is 32.6 Å². The van der Waals surface area contributed by atoms with Crippen molar-refractivity contribution in [3.05, 3.63) is 76.9 Å². The third-order valence-electron chi connectivity index (χ3n) is 7.99. The van der Waals surface area contributed by atoms with E-state index < -0.39 is 29.0 Å². The number of benzene rings is 2. The number of pyridine rings is 1. The number of alkyl halides is 3. The predicted molar refractivity (Wildman–Crippen MR) is 154 cm³/mol. The van der Waals surface area contributed by atoms with E-state index in [0.717, 1.165) is 37.5 Å². The van der Waals surface area contributed by atoms with Crippen LogP contribution in [0.5, 0.6) is 0 Å². The standard InChI is InChI=1S/C31H35F4N5O2/c1-20-14-26(31(33,34)35)25(17-36-20)30(41)37-28-16-23(5-7-29(28)40-9-8-38(3)21(2)18-40)24-15-22(4-6-27(24)32)19-39-10-12-42-13-11-39/h4-7,14-17,21H,8-13,18-19H2,1-3H3,(H,37,41). The van der Waals surface area contributed by atoms with Crippen LogP contribution < -0.4 is 10.2 Å². The van der Waals surface area contributed by atoms with E-state index in [1.54, 1.807) is 30.3 Å². The zero-order valence-corrected chi connectivity index (χ0v) is 24.0. The molecule has 0 radical (unpaired) electrons. The van der Waals surface area contributed by atoms with Crippen molar-refractivity contribution < 1.29 is 27.1 Å². The van der Waals surface area contributed by atoms with Crippen LogP contribution in [0.25, 0.3) is 11.1 Å². The van der Waals surface area contributed by atoms with Gasteiger partial charge < -0.3 is 19.9 Å². The lowest BCUT2D eigenvalue weighted by Crippen LogP contribution is -2.50. The minimum Gasteiger partial charge on any atom is -0.379 e. The molecule has 42 heavy (non-hydrogen) atoms. The number of aromatic nitrogens is 1. The molecule has 1 N–H and O–H groups in total. The Bertz CT molecular complexity index is 1440. The van der Waals surface area contributed by atoms with Crippen molar-refractivity contribution >= 4 is 17.3 Å². The number of morpholine rings is 1. The van der Waals surface area contributed by atoms with Gasteiger partial charge in [-0.1, -0.05) is 12.1 Å². The van der Waals surface area contributed by atoms with Gasteiger partial charge >= 0.3 is 6.18 Å². The summed E-state index contributed by atoms with van der Waals surface area (Å²) in [6.07, 6.45) is -3.79. The number of halogens is 4. The second-order valence-electron chi connectivity index (χ2n) is 11.0. The van der Waals surface area contributed by atoms with E-state index in [-0.39, 0.29) is 11.7 Å². The molecule has 0 bridgehead atoms. The molecule has 7 nitrogen and oxygen atoms in total. The number of piperazine rings is 1. The summed E-state index contributed by atoms with van der Waals surface area (Å²) in [5.41, 5.74) is 1.27. The maximum Gasteiger partial charge on any atom is 0.417 e. The highest BCUT2D eigenvalue weighted by Gasteiger charge is 2.36. The van der Waals surface area contributed by atoms with Crippen molar-refractivity contribution in [1.82, 2.24) is 14.8 Å². The van der Waals surface area contributed by atoms with Gasteiger partial charge in [-0.25, -0.2) is 4.39 Å². The molecule has 2 fully saturated rings. The smallest absolute Gasteiger partial charge is 0.379 e. The molecule has 0 aliphatic carbocycles. The lowest BCUT2D eigenvalue weighted by atomic mass is 10.00. The number of hydrogen-bond acceptors (Lipinski definition) is 6. The Labute approximate surface area is 243 Å². The largest absolute Gasteiger partial charge is 0.417 e. The summed E-state index contributed by atoms with van der Waals surface area (Å²) in [7, 11) is 2.03. The number of rotatable bonds is 6.